The Hall–Kier alpha value is -0.830. The Morgan fingerprint density at radius 2 is 2.19 bits per heavy atom. The van der Waals surface area contributed by atoms with Gasteiger partial charge in [0.15, 0.2) is 0 Å². The predicted octanol–water partition coefficient (Wildman–Crippen LogP) is 1.80. The zero-order valence-corrected chi connectivity index (χ0v) is 10.7. The SMILES string of the molecule is CC1CCCC(NC(=O)/C=C/CN(C)C)C1. The van der Waals surface area contributed by atoms with E-state index in [0.717, 1.165) is 25.3 Å². The molecule has 0 radical (unpaired) electrons. The Labute approximate surface area is 98.9 Å². The third-order valence-electron chi connectivity index (χ3n) is 3.02. The maximum absolute atomic E-state index is 11.6. The van der Waals surface area contributed by atoms with E-state index in [4.69, 9.17) is 0 Å². The first-order valence-corrected chi connectivity index (χ1v) is 6.19. The summed E-state index contributed by atoms with van der Waals surface area (Å²) in [6.07, 6.45) is 8.38. The van der Waals surface area contributed by atoms with Gasteiger partial charge in [-0.3, -0.25) is 4.79 Å². The Bertz CT molecular complexity index is 248. The summed E-state index contributed by atoms with van der Waals surface area (Å²) >= 11 is 0. The number of carbonyl (C=O) groups excluding carboxylic acids is 1. The molecule has 0 aromatic carbocycles. The molecule has 0 aliphatic heterocycles. The minimum Gasteiger partial charge on any atom is -0.350 e. The molecule has 1 fully saturated rings. The number of hydrogen-bond acceptors (Lipinski definition) is 2. The Kier molecular flexibility index (Phi) is 5.53. The van der Waals surface area contributed by atoms with Crippen LogP contribution in [0, 0.1) is 5.92 Å². The molecule has 0 aromatic heterocycles. The maximum atomic E-state index is 11.6. The predicted molar refractivity (Wildman–Crippen MR) is 67.3 cm³/mol. The molecule has 1 saturated carbocycles. The van der Waals surface area contributed by atoms with Crippen LogP contribution in [-0.4, -0.2) is 37.5 Å². The summed E-state index contributed by atoms with van der Waals surface area (Å²) in [6.45, 7) is 3.08. The summed E-state index contributed by atoms with van der Waals surface area (Å²) in [6, 6.07) is 0.389. The van der Waals surface area contributed by atoms with Crippen molar-refractivity contribution in [1.82, 2.24) is 10.2 Å². The van der Waals surface area contributed by atoms with Crippen LogP contribution in [0.3, 0.4) is 0 Å². The van der Waals surface area contributed by atoms with Crippen LogP contribution in [0.15, 0.2) is 12.2 Å². The minimum atomic E-state index is 0.0564. The van der Waals surface area contributed by atoms with Gasteiger partial charge in [0, 0.05) is 18.7 Å². The van der Waals surface area contributed by atoms with Crippen LogP contribution >= 0.6 is 0 Å². The maximum Gasteiger partial charge on any atom is 0.243 e. The molecule has 0 heterocycles. The number of hydrogen-bond donors (Lipinski definition) is 1. The number of amides is 1. The number of nitrogens with zero attached hydrogens (tertiary/aromatic N) is 1. The summed E-state index contributed by atoms with van der Waals surface area (Å²) < 4.78 is 0. The van der Waals surface area contributed by atoms with Crippen LogP contribution in [0.4, 0.5) is 0 Å². The zero-order valence-electron chi connectivity index (χ0n) is 10.7. The summed E-state index contributed by atoms with van der Waals surface area (Å²) in [5, 5.41) is 3.08. The van der Waals surface area contributed by atoms with Gasteiger partial charge in [0.1, 0.15) is 0 Å². The standard InChI is InChI=1S/C13H24N2O/c1-11-6-4-7-12(10-11)14-13(16)8-5-9-15(2)3/h5,8,11-12H,4,6-7,9-10H2,1-3H3,(H,14,16)/b8-5+. The third kappa shape index (κ3) is 5.31. The van der Waals surface area contributed by atoms with Crippen molar-refractivity contribution in [3.63, 3.8) is 0 Å². The highest BCUT2D eigenvalue weighted by molar-refractivity contribution is 5.87. The number of carbonyl (C=O) groups is 1. The van der Waals surface area contributed by atoms with Gasteiger partial charge in [-0.15, -0.1) is 0 Å². The second kappa shape index (κ2) is 6.69. The summed E-state index contributed by atoms with van der Waals surface area (Å²) in [5.41, 5.74) is 0. The quantitative estimate of drug-likeness (QED) is 0.739. The Morgan fingerprint density at radius 1 is 1.44 bits per heavy atom. The first-order valence-electron chi connectivity index (χ1n) is 6.19. The van der Waals surface area contributed by atoms with Crippen molar-refractivity contribution in [1.29, 1.82) is 0 Å². The fourth-order valence-corrected chi connectivity index (χ4v) is 2.19. The topological polar surface area (TPSA) is 32.3 Å². The van der Waals surface area contributed by atoms with E-state index in [2.05, 4.69) is 12.2 Å². The molecule has 3 nitrogen and oxygen atoms in total. The molecular weight excluding hydrogens is 200 g/mol. The van der Waals surface area contributed by atoms with Crippen molar-refractivity contribution in [2.75, 3.05) is 20.6 Å². The smallest absolute Gasteiger partial charge is 0.243 e. The van der Waals surface area contributed by atoms with Gasteiger partial charge < -0.3 is 10.2 Å². The molecule has 0 spiro atoms. The Morgan fingerprint density at radius 3 is 2.81 bits per heavy atom. The molecule has 92 valence electrons. The van der Waals surface area contributed by atoms with Crippen molar-refractivity contribution in [3.8, 4) is 0 Å². The molecule has 0 aromatic rings. The second-order valence-corrected chi connectivity index (χ2v) is 5.14. The molecule has 2 atom stereocenters. The second-order valence-electron chi connectivity index (χ2n) is 5.14. The average Bonchev–Trinajstić information content (AvgIpc) is 2.16. The molecule has 0 bridgehead atoms. The fraction of sp³-hybridized carbons (Fsp3) is 0.769. The normalized spacial score (nSPS) is 26.2. The van der Waals surface area contributed by atoms with Gasteiger partial charge in [0.25, 0.3) is 0 Å². The van der Waals surface area contributed by atoms with Gasteiger partial charge in [0.2, 0.25) is 5.91 Å². The summed E-state index contributed by atoms with van der Waals surface area (Å²) in [7, 11) is 3.98. The largest absolute Gasteiger partial charge is 0.350 e. The monoisotopic (exact) mass is 224 g/mol. The van der Waals surface area contributed by atoms with Crippen LogP contribution in [0.5, 0.6) is 0 Å². The number of nitrogens with one attached hydrogen (secondary N) is 1. The van der Waals surface area contributed by atoms with E-state index in [1.54, 1.807) is 6.08 Å². The molecule has 2 unspecified atom stereocenters. The number of rotatable bonds is 4. The van der Waals surface area contributed by atoms with Gasteiger partial charge in [0.05, 0.1) is 0 Å². The van der Waals surface area contributed by atoms with Gasteiger partial charge in [-0.2, -0.15) is 0 Å². The fourth-order valence-electron chi connectivity index (χ4n) is 2.19. The molecule has 1 aliphatic rings. The van der Waals surface area contributed by atoms with Crippen LogP contribution in [0.2, 0.25) is 0 Å². The van der Waals surface area contributed by atoms with Crippen LogP contribution in [0.25, 0.3) is 0 Å². The van der Waals surface area contributed by atoms with Crippen LogP contribution in [-0.2, 0) is 4.79 Å². The minimum absolute atomic E-state index is 0.0564. The zero-order chi connectivity index (χ0) is 12.0. The van der Waals surface area contributed by atoms with E-state index < -0.39 is 0 Å². The van der Waals surface area contributed by atoms with Gasteiger partial charge in [-0.1, -0.05) is 25.8 Å². The Balaban J connectivity index is 2.25. The third-order valence-corrected chi connectivity index (χ3v) is 3.02. The first kappa shape index (κ1) is 13.2. The van der Waals surface area contributed by atoms with Crippen LogP contribution < -0.4 is 5.32 Å². The molecule has 1 amide bonds. The van der Waals surface area contributed by atoms with Crippen molar-refractivity contribution in [2.45, 2.75) is 38.6 Å². The molecule has 0 saturated heterocycles. The van der Waals surface area contributed by atoms with Gasteiger partial charge in [-0.25, -0.2) is 0 Å². The van der Waals surface area contributed by atoms with E-state index in [1.807, 2.05) is 25.1 Å². The van der Waals surface area contributed by atoms with Gasteiger partial charge >= 0.3 is 0 Å². The highest BCUT2D eigenvalue weighted by Crippen LogP contribution is 2.23. The average molecular weight is 224 g/mol. The number of likely N-dealkylation sites (N-methyl/N-ethyl adjacent to an activating group) is 1. The highest BCUT2D eigenvalue weighted by atomic mass is 16.1. The first-order chi connectivity index (χ1) is 7.58. The van der Waals surface area contributed by atoms with Crippen molar-refractivity contribution in [2.24, 2.45) is 5.92 Å². The summed E-state index contributed by atoms with van der Waals surface area (Å²) in [4.78, 5) is 13.6. The van der Waals surface area contributed by atoms with Gasteiger partial charge in [-0.05, 0) is 32.9 Å². The van der Waals surface area contributed by atoms with E-state index >= 15 is 0 Å². The summed E-state index contributed by atoms with van der Waals surface area (Å²) in [5.74, 6) is 0.811. The van der Waals surface area contributed by atoms with Crippen LogP contribution in [0.1, 0.15) is 32.6 Å². The van der Waals surface area contributed by atoms with E-state index in [1.165, 1.54) is 12.8 Å². The lowest BCUT2D eigenvalue weighted by atomic mass is 9.87. The van der Waals surface area contributed by atoms with Crippen molar-refractivity contribution in [3.05, 3.63) is 12.2 Å². The lowest BCUT2D eigenvalue weighted by molar-refractivity contribution is -0.117. The van der Waals surface area contributed by atoms with E-state index in [0.29, 0.717) is 6.04 Å². The van der Waals surface area contributed by atoms with Crippen molar-refractivity contribution >= 4 is 5.91 Å². The molecular formula is C13H24N2O. The molecule has 3 heteroatoms. The van der Waals surface area contributed by atoms with E-state index in [-0.39, 0.29) is 5.91 Å². The molecule has 16 heavy (non-hydrogen) atoms. The molecule has 1 N–H and O–H groups in total. The van der Waals surface area contributed by atoms with E-state index in [9.17, 15) is 4.79 Å². The lowest BCUT2D eigenvalue weighted by Crippen LogP contribution is -2.37. The molecule has 1 aliphatic carbocycles. The molecule has 1 rings (SSSR count). The highest BCUT2D eigenvalue weighted by Gasteiger charge is 2.19. The lowest BCUT2D eigenvalue weighted by Gasteiger charge is -2.27. The van der Waals surface area contributed by atoms with Crippen molar-refractivity contribution < 1.29 is 4.79 Å².